The van der Waals surface area contributed by atoms with Crippen LogP contribution in [0.5, 0.6) is 17.2 Å². The summed E-state index contributed by atoms with van der Waals surface area (Å²) < 4.78 is 16.1. The molecular weight excluding hydrogens is 382 g/mol. The van der Waals surface area contributed by atoms with Crippen LogP contribution in [0.2, 0.25) is 0 Å². The van der Waals surface area contributed by atoms with Crippen LogP contribution >= 0.6 is 0 Å². The Morgan fingerprint density at radius 3 is 2.53 bits per heavy atom. The van der Waals surface area contributed by atoms with Crippen molar-refractivity contribution in [1.29, 1.82) is 5.26 Å². The molecule has 0 heterocycles. The molecule has 1 amide bonds. The van der Waals surface area contributed by atoms with Gasteiger partial charge in [0, 0.05) is 17.8 Å². The lowest BCUT2D eigenvalue weighted by Crippen LogP contribution is -2.19. The molecule has 2 aromatic carbocycles. The maximum Gasteiger partial charge on any atom is 0.267 e. The largest absolute Gasteiger partial charge is 0.497 e. The fraction of sp³-hybridized carbons (Fsp3) is 0.304. The molecule has 7 nitrogen and oxygen atoms in total. The number of amides is 1. The van der Waals surface area contributed by atoms with Crippen molar-refractivity contribution in [3.8, 4) is 23.3 Å². The van der Waals surface area contributed by atoms with Crippen LogP contribution in [0.1, 0.15) is 31.0 Å². The van der Waals surface area contributed by atoms with Gasteiger partial charge in [-0.1, -0.05) is 17.7 Å². The van der Waals surface area contributed by atoms with E-state index in [1.807, 2.05) is 45.0 Å². The van der Waals surface area contributed by atoms with Crippen LogP contribution in [0.3, 0.4) is 0 Å². The SMILES string of the molecule is CCOc1ccc(C)cc1C(C)N/C=C(/C#N)C(=O)Nc1cc(OC)ccc1OC. The summed E-state index contributed by atoms with van der Waals surface area (Å²) in [7, 11) is 3.03. The third-order valence-corrected chi connectivity index (χ3v) is 4.43. The molecule has 0 spiro atoms. The lowest BCUT2D eigenvalue weighted by Gasteiger charge is -2.18. The van der Waals surface area contributed by atoms with Gasteiger partial charge in [0.25, 0.3) is 5.91 Å². The van der Waals surface area contributed by atoms with E-state index in [0.717, 1.165) is 16.9 Å². The molecule has 2 rings (SSSR count). The Balaban J connectivity index is 2.19. The zero-order valence-corrected chi connectivity index (χ0v) is 17.9. The molecule has 158 valence electrons. The Hall–Kier alpha value is -3.66. The number of carbonyl (C=O) groups excluding carboxylic acids is 1. The van der Waals surface area contributed by atoms with E-state index in [1.54, 1.807) is 18.2 Å². The Morgan fingerprint density at radius 1 is 1.17 bits per heavy atom. The topological polar surface area (TPSA) is 92.6 Å². The molecule has 0 aliphatic carbocycles. The molecule has 1 unspecified atom stereocenters. The predicted molar refractivity (Wildman–Crippen MR) is 116 cm³/mol. The van der Waals surface area contributed by atoms with Gasteiger partial charge >= 0.3 is 0 Å². The summed E-state index contributed by atoms with van der Waals surface area (Å²) in [5, 5.41) is 15.3. The molecule has 0 aliphatic heterocycles. The zero-order valence-electron chi connectivity index (χ0n) is 17.9. The molecular formula is C23H27N3O4. The molecule has 2 aromatic rings. The molecule has 0 radical (unpaired) electrons. The van der Waals surface area contributed by atoms with Crippen molar-refractivity contribution in [3.05, 3.63) is 59.3 Å². The number of hydrogen-bond acceptors (Lipinski definition) is 6. The minimum Gasteiger partial charge on any atom is -0.497 e. The highest BCUT2D eigenvalue weighted by molar-refractivity contribution is 6.07. The quantitative estimate of drug-likeness (QED) is 0.478. The second-order valence-corrected chi connectivity index (χ2v) is 6.55. The van der Waals surface area contributed by atoms with Crippen molar-refractivity contribution in [1.82, 2.24) is 5.32 Å². The average Bonchev–Trinajstić information content (AvgIpc) is 2.75. The van der Waals surface area contributed by atoms with Crippen LogP contribution in [-0.2, 0) is 4.79 Å². The number of anilines is 1. The van der Waals surface area contributed by atoms with Crippen molar-refractivity contribution in [2.24, 2.45) is 0 Å². The second-order valence-electron chi connectivity index (χ2n) is 6.55. The van der Waals surface area contributed by atoms with E-state index < -0.39 is 5.91 Å². The van der Waals surface area contributed by atoms with Gasteiger partial charge < -0.3 is 24.8 Å². The van der Waals surface area contributed by atoms with E-state index in [1.165, 1.54) is 20.4 Å². The smallest absolute Gasteiger partial charge is 0.267 e. The molecule has 30 heavy (non-hydrogen) atoms. The lowest BCUT2D eigenvalue weighted by atomic mass is 10.0. The van der Waals surface area contributed by atoms with Crippen molar-refractivity contribution in [2.75, 3.05) is 26.1 Å². The molecule has 0 aliphatic rings. The lowest BCUT2D eigenvalue weighted by molar-refractivity contribution is -0.112. The molecule has 0 bridgehead atoms. The summed E-state index contributed by atoms with van der Waals surface area (Å²) in [6.45, 7) is 6.41. The summed E-state index contributed by atoms with van der Waals surface area (Å²) in [5.41, 5.74) is 2.38. The summed E-state index contributed by atoms with van der Waals surface area (Å²) in [6, 6.07) is 12.7. The minimum absolute atomic E-state index is 0.0719. The predicted octanol–water partition coefficient (Wildman–Crippen LogP) is 4.11. The van der Waals surface area contributed by atoms with Crippen LogP contribution in [-0.4, -0.2) is 26.7 Å². The number of hydrogen-bond donors (Lipinski definition) is 2. The average molecular weight is 409 g/mol. The number of carbonyl (C=O) groups is 1. The van der Waals surface area contributed by atoms with E-state index in [4.69, 9.17) is 14.2 Å². The Morgan fingerprint density at radius 2 is 1.90 bits per heavy atom. The van der Waals surface area contributed by atoms with Gasteiger partial charge in [0.1, 0.15) is 28.9 Å². The summed E-state index contributed by atoms with van der Waals surface area (Å²) in [4.78, 5) is 12.6. The van der Waals surface area contributed by atoms with Gasteiger partial charge in [-0.25, -0.2) is 0 Å². The highest BCUT2D eigenvalue weighted by atomic mass is 16.5. The number of ether oxygens (including phenoxy) is 3. The highest BCUT2D eigenvalue weighted by Crippen LogP contribution is 2.29. The number of nitrogens with zero attached hydrogens (tertiary/aromatic N) is 1. The fourth-order valence-electron chi connectivity index (χ4n) is 2.84. The van der Waals surface area contributed by atoms with E-state index in [9.17, 15) is 10.1 Å². The first-order valence-electron chi connectivity index (χ1n) is 9.56. The van der Waals surface area contributed by atoms with Crippen LogP contribution in [0.4, 0.5) is 5.69 Å². The number of nitriles is 1. The van der Waals surface area contributed by atoms with Gasteiger partial charge in [0.05, 0.1) is 32.6 Å². The van der Waals surface area contributed by atoms with E-state index in [2.05, 4.69) is 10.6 Å². The van der Waals surface area contributed by atoms with E-state index in [-0.39, 0.29) is 11.6 Å². The minimum atomic E-state index is -0.557. The van der Waals surface area contributed by atoms with Gasteiger partial charge in [-0.15, -0.1) is 0 Å². The number of benzene rings is 2. The standard InChI is InChI=1S/C23H27N3O4/c1-6-30-21-9-7-15(2)11-19(21)16(3)25-14-17(13-24)23(27)26-20-12-18(28-4)8-10-22(20)29-5/h7-12,14,16,25H,6H2,1-5H3,(H,26,27)/b17-14-. The summed E-state index contributed by atoms with van der Waals surface area (Å²) in [5.74, 6) is 1.23. The number of rotatable bonds is 9. The molecule has 0 aromatic heterocycles. The summed E-state index contributed by atoms with van der Waals surface area (Å²) >= 11 is 0. The van der Waals surface area contributed by atoms with Crippen LogP contribution in [0.25, 0.3) is 0 Å². The molecule has 0 saturated heterocycles. The number of aryl methyl sites for hydroxylation is 1. The summed E-state index contributed by atoms with van der Waals surface area (Å²) in [6.07, 6.45) is 1.41. The highest BCUT2D eigenvalue weighted by Gasteiger charge is 2.15. The Labute approximate surface area is 177 Å². The maximum atomic E-state index is 12.6. The van der Waals surface area contributed by atoms with Crippen molar-refractivity contribution in [3.63, 3.8) is 0 Å². The Kier molecular flexibility index (Phi) is 8.12. The van der Waals surface area contributed by atoms with Gasteiger partial charge in [-0.2, -0.15) is 5.26 Å². The van der Waals surface area contributed by atoms with Gasteiger partial charge in [-0.05, 0) is 39.0 Å². The first-order chi connectivity index (χ1) is 14.4. The molecule has 2 N–H and O–H groups in total. The van der Waals surface area contributed by atoms with Crippen LogP contribution in [0.15, 0.2) is 48.2 Å². The van der Waals surface area contributed by atoms with Crippen molar-refractivity contribution < 1.29 is 19.0 Å². The second kappa shape index (κ2) is 10.8. The maximum absolute atomic E-state index is 12.6. The van der Waals surface area contributed by atoms with E-state index in [0.29, 0.717) is 23.8 Å². The normalized spacial score (nSPS) is 11.8. The van der Waals surface area contributed by atoms with Crippen LogP contribution in [0, 0.1) is 18.3 Å². The van der Waals surface area contributed by atoms with Crippen molar-refractivity contribution in [2.45, 2.75) is 26.8 Å². The van der Waals surface area contributed by atoms with Crippen molar-refractivity contribution >= 4 is 11.6 Å². The monoisotopic (exact) mass is 409 g/mol. The molecule has 0 saturated carbocycles. The molecule has 0 fully saturated rings. The molecule has 1 atom stereocenters. The number of methoxy groups -OCH3 is 2. The van der Waals surface area contributed by atoms with Crippen LogP contribution < -0.4 is 24.8 Å². The first kappa shape index (κ1) is 22.6. The molecule has 7 heteroatoms. The fourth-order valence-corrected chi connectivity index (χ4v) is 2.84. The number of nitrogens with one attached hydrogen (secondary N) is 2. The zero-order chi connectivity index (χ0) is 22.1. The third-order valence-electron chi connectivity index (χ3n) is 4.43. The third kappa shape index (κ3) is 5.67. The van der Waals surface area contributed by atoms with Gasteiger partial charge in [0.15, 0.2) is 0 Å². The van der Waals surface area contributed by atoms with Gasteiger partial charge in [0.2, 0.25) is 0 Å². The first-order valence-corrected chi connectivity index (χ1v) is 9.56. The van der Waals surface area contributed by atoms with Gasteiger partial charge in [-0.3, -0.25) is 4.79 Å². The van der Waals surface area contributed by atoms with E-state index >= 15 is 0 Å². The Bertz CT molecular complexity index is 963.